The van der Waals surface area contributed by atoms with Crippen molar-refractivity contribution in [1.82, 2.24) is 4.90 Å². The molecular weight excluding hydrogens is 476 g/mol. The summed E-state index contributed by atoms with van der Waals surface area (Å²) in [7, 11) is 1.46. The predicted octanol–water partition coefficient (Wildman–Crippen LogP) is 4.55. The van der Waals surface area contributed by atoms with E-state index in [1.54, 1.807) is 31.2 Å². The van der Waals surface area contributed by atoms with Crippen molar-refractivity contribution in [1.29, 1.82) is 0 Å². The van der Waals surface area contributed by atoms with Crippen LogP contribution in [0.4, 0.5) is 5.69 Å². The lowest BCUT2D eigenvalue weighted by molar-refractivity contribution is -0.384. The van der Waals surface area contributed by atoms with Crippen LogP contribution in [0.5, 0.6) is 5.75 Å². The average Bonchev–Trinajstić information content (AvgIpc) is 3.16. The number of nitro groups is 1. The fourth-order valence-electron chi connectivity index (χ4n) is 4.33. The highest BCUT2D eigenvalue weighted by Gasteiger charge is 2.46. The van der Waals surface area contributed by atoms with Gasteiger partial charge in [-0.2, -0.15) is 0 Å². The fraction of sp³-hybridized carbons (Fsp3) is 0.214. The highest BCUT2D eigenvalue weighted by atomic mass is 16.6. The number of aryl methyl sites for hydroxylation is 1. The summed E-state index contributed by atoms with van der Waals surface area (Å²) in [5.74, 6) is -1.46. The van der Waals surface area contributed by atoms with Crippen LogP contribution < -0.4 is 4.74 Å². The molecule has 0 bridgehead atoms. The first-order chi connectivity index (χ1) is 17.8. The lowest BCUT2D eigenvalue weighted by Gasteiger charge is -2.25. The van der Waals surface area contributed by atoms with E-state index in [9.17, 15) is 24.8 Å². The van der Waals surface area contributed by atoms with Crippen molar-refractivity contribution in [2.45, 2.75) is 19.6 Å². The third-order valence-corrected chi connectivity index (χ3v) is 6.17. The minimum Gasteiger partial charge on any atom is -0.507 e. The zero-order chi connectivity index (χ0) is 26.5. The van der Waals surface area contributed by atoms with Crippen molar-refractivity contribution in [3.05, 3.63) is 111 Å². The first-order valence-corrected chi connectivity index (χ1v) is 11.6. The standard InChI is InChI=1S/C28H26N2O7/c1-18-15-22(37-17-19-7-4-3-5-8-19)11-12-23(18)26(31)24-25(20-9-6-10-21(16-20)30(34)35)29(13-14-36-2)28(33)27(24)32/h3-12,15-16,25,31H,13-14,17H2,1-2H3/t25-/m1/s1. The van der Waals surface area contributed by atoms with Crippen LogP contribution in [0.2, 0.25) is 0 Å². The largest absolute Gasteiger partial charge is 0.507 e. The van der Waals surface area contributed by atoms with E-state index in [1.807, 2.05) is 30.3 Å². The van der Waals surface area contributed by atoms with Crippen molar-refractivity contribution in [2.75, 3.05) is 20.3 Å². The van der Waals surface area contributed by atoms with E-state index in [-0.39, 0.29) is 30.2 Å². The zero-order valence-corrected chi connectivity index (χ0v) is 20.4. The van der Waals surface area contributed by atoms with Crippen molar-refractivity contribution in [2.24, 2.45) is 0 Å². The van der Waals surface area contributed by atoms with E-state index in [0.29, 0.717) is 29.0 Å². The Kier molecular flexibility index (Phi) is 7.64. The quantitative estimate of drug-likeness (QED) is 0.150. The third kappa shape index (κ3) is 5.36. The lowest BCUT2D eigenvalue weighted by atomic mass is 9.93. The van der Waals surface area contributed by atoms with E-state index in [1.165, 1.54) is 30.2 Å². The van der Waals surface area contributed by atoms with Crippen molar-refractivity contribution in [3.63, 3.8) is 0 Å². The summed E-state index contributed by atoms with van der Waals surface area (Å²) in [6.07, 6.45) is 0. The first kappa shape index (κ1) is 25.6. The van der Waals surface area contributed by atoms with Crippen LogP contribution in [-0.4, -0.2) is 46.9 Å². The number of nitro benzene ring substituents is 1. The number of ketones is 1. The van der Waals surface area contributed by atoms with Gasteiger partial charge in [-0.3, -0.25) is 19.7 Å². The van der Waals surface area contributed by atoms with Crippen LogP contribution in [0, 0.1) is 17.0 Å². The van der Waals surface area contributed by atoms with E-state index < -0.39 is 22.7 Å². The van der Waals surface area contributed by atoms with Gasteiger partial charge in [-0.05, 0) is 41.8 Å². The Labute approximate surface area is 213 Å². The number of non-ortho nitro benzene ring substituents is 1. The minimum atomic E-state index is -1.01. The number of likely N-dealkylation sites (tertiary alicyclic amines) is 1. The number of aliphatic hydroxyl groups excluding tert-OH is 1. The Bertz CT molecular complexity index is 1370. The molecule has 0 saturated carbocycles. The monoisotopic (exact) mass is 502 g/mol. The highest BCUT2D eigenvalue weighted by molar-refractivity contribution is 6.46. The maximum atomic E-state index is 13.1. The van der Waals surface area contributed by atoms with Crippen LogP contribution in [-0.2, 0) is 20.9 Å². The van der Waals surface area contributed by atoms with Crippen molar-refractivity contribution in [3.8, 4) is 5.75 Å². The SMILES string of the molecule is COCCN1C(=O)C(=O)C(=C(O)c2ccc(OCc3ccccc3)cc2C)[C@H]1c1cccc([N+](=O)[O-])c1. The van der Waals surface area contributed by atoms with E-state index in [2.05, 4.69) is 0 Å². The second-order valence-corrected chi connectivity index (χ2v) is 8.59. The molecular formula is C28H26N2O7. The summed E-state index contributed by atoms with van der Waals surface area (Å²) in [6, 6.07) is 19.4. The number of methoxy groups -OCH3 is 1. The number of hydrogen-bond acceptors (Lipinski definition) is 7. The van der Waals surface area contributed by atoms with Gasteiger partial charge in [0, 0.05) is 31.4 Å². The average molecular weight is 503 g/mol. The molecule has 1 saturated heterocycles. The second-order valence-electron chi connectivity index (χ2n) is 8.59. The molecule has 37 heavy (non-hydrogen) atoms. The van der Waals surface area contributed by atoms with Gasteiger partial charge in [-0.25, -0.2) is 0 Å². The molecule has 1 heterocycles. The number of rotatable bonds is 9. The molecule has 3 aromatic rings. The normalized spacial score (nSPS) is 16.7. The third-order valence-electron chi connectivity index (χ3n) is 6.17. The summed E-state index contributed by atoms with van der Waals surface area (Å²) < 4.78 is 10.9. The number of carbonyl (C=O) groups excluding carboxylic acids is 2. The van der Waals surface area contributed by atoms with Crippen LogP contribution in [0.15, 0.2) is 78.4 Å². The van der Waals surface area contributed by atoms with Gasteiger partial charge in [0.2, 0.25) is 0 Å². The van der Waals surface area contributed by atoms with Crippen LogP contribution in [0.25, 0.3) is 5.76 Å². The van der Waals surface area contributed by atoms with Gasteiger partial charge < -0.3 is 19.5 Å². The molecule has 190 valence electrons. The molecule has 0 radical (unpaired) electrons. The molecule has 3 aromatic carbocycles. The Balaban J connectivity index is 1.73. The molecule has 4 rings (SSSR count). The van der Waals surface area contributed by atoms with Gasteiger partial charge in [0.1, 0.15) is 18.1 Å². The summed E-state index contributed by atoms with van der Waals surface area (Å²) in [5, 5.41) is 22.7. The molecule has 1 fully saturated rings. The number of hydrogen-bond donors (Lipinski definition) is 1. The summed E-state index contributed by atoms with van der Waals surface area (Å²) in [4.78, 5) is 38.2. The van der Waals surface area contributed by atoms with Gasteiger partial charge >= 0.3 is 0 Å². The van der Waals surface area contributed by atoms with Gasteiger partial charge in [0.15, 0.2) is 0 Å². The number of nitrogens with zero attached hydrogens (tertiary/aromatic N) is 2. The second kappa shape index (κ2) is 11.0. The highest BCUT2D eigenvalue weighted by Crippen LogP contribution is 2.40. The summed E-state index contributed by atoms with van der Waals surface area (Å²) in [6.45, 7) is 2.33. The van der Waals surface area contributed by atoms with Gasteiger partial charge in [0.25, 0.3) is 17.4 Å². The topological polar surface area (TPSA) is 119 Å². The summed E-state index contributed by atoms with van der Waals surface area (Å²) in [5.41, 5.74) is 2.00. The number of amides is 1. The smallest absolute Gasteiger partial charge is 0.295 e. The van der Waals surface area contributed by atoms with Crippen LogP contribution >= 0.6 is 0 Å². The molecule has 0 unspecified atom stereocenters. The predicted molar refractivity (Wildman–Crippen MR) is 136 cm³/mol. The molecule has 1 aliphatic heterocycles. The number of benzene rings is 3. The molecule has 1 aliphatic rings. The molecule has 1 N–H and O–H groups in total. The molecule has 0 aromatic heterocycles. The molecule has 0 spiro atoms. The fourth-order valence-corrected chi connectivity index (χ4v) is 4.33. The maximum absolute atomic E-state index is 13.1. The Morgan fingerprint density at radius 3 is 2.49 bits per heavy atom. The zero-order valence-electron chi connectivity index (χ0n) is 20.4. The van der Waals surface area contributed by atoms with E-state index in [4.69, 9.17) is 9.47 Å². The Morgan fingerprint density at radius 1 is 1.05 bits per heavy atom. The number of aliphatic hydroxyl groups is 1. The molecule has 1 atom stereocenters. The summed E-state index contributed by atoms with van der Waals surface area (Å²) >= 11 is 0. The van der Waals surface area contributed by atoms with Crippen LogP contribution in [0.1, 0.15) is 28.3 Å². The van der Waals surface area contributed by atoms with Gasteiger partial charge in [-0.1, -0.05) is 42.5 Å². The van der Waals surface area contributed by atoms with Gasteiger partial charge in [0.05, 0.1) is 23.1 Å². The molecule has 1 amide bonds. The first-order valence-electron chi connectivity index (χ1n) is 11.6. The Morgan fingerprint density at radius 2 is 1.81 bits per heavy atom. The van der Waals surface area contributed by atoms with Crippen molar-refractivity contribution < 1.29 is 29.1 Å². The van der Waals surface area contributed by atoms with Gasteiger partial charge in [-0.15, -0.1) is 0 Å². The number of carbonyl (C=O) groups is 2. The maximum Gasteiger partial charge on any atom is 0.295 e. The lowest BCUT2D eigenvalue weighted by Crippen LogP contribution is -2.32. The number of ether oxygens (including phenoxy) is 2. The molecule has 9 nitrogen and oxygen atoms in total. The molecule has 9 heteroatoms. The minimum absolute atomic E-state index is 0.0659. The van der Waals surface area contributed by atoms with E-state index in [0.717, 1.165) is 5.56 Å². The van der Waals surface area contributed by atoms with Crippen LogP contribution in [0.3, 0.4) is 0 Å². The Hall–Kier alpha value is -4.50. The van der Waals surface area contributed by atoms with Crippen molar-refractivity contribution >= 4 is 23.1 Å². The number of Topliss-reactive ketones (excluding diaryl/α,β-unsaturated/α-hetero) is 1. The molecule has 0 aliphatic carbocycles. The van der Waals surface area contributed by atoms with E-state index >= 15 is 0 Å².